The van der Waals surface area contributed by atoms with Gasteiger partial charge in [0.2, 0.25) is 11.8 Å². The first-order valence-corrected chi connectivity index (χ1v) is 10.5. The van der Waals surface area contributed by atoms with E-state index in [1.54, 1.807) is 43.3 Å². The summed E-state index contributed by atoms with van der Waals surface area (Å²) in [6.45, 7) is 1.40. The zero-order chi connectivity index (χ0) is 24.0. The number of anilines is 1. The maximum Gasteiger partial charge on any atom is 0.264 e. The highest BCUT2D eigenvalue weighted by molar-refractivity contribution is 6.18. The third-order valence-electron chi connectivity index (χ3n) is 5.80. The van der Waals surface area contributed by atoms with E-state index in [4.69, 9.17) is 14.0 Å². The van der Waals surface area contributed by atoms with Crippen molar-refractivity contribution in [2.75, 3.05) is 25.7 Å². The number of nitrogens with one attached hydrogen (secondary N) is 1. The van der Waals surface area contributed by atoms with Crippen molar-refractivity contribution < 1.29 is 28.4 Å². The van der Waals surface area contributed by atoms with Crippen LogP contribution in [0, 0.1) is 6.92 Å². The van der Waals surface area contributed by atoms with Crippen LogP contribution in [0.25, 0.3) is 0 Å². The second kappa shape index (κ2) is 8.18. The average Bonchev–Trinajstić information content (AvgIpc) is 3.40. The number of ether oxygens (including phenoxy) is 2. The number of methoxy groups -OCH3 is 2. The van der Waals surface area contributed by atoms with Crippen LogP contribution >= 0.6 is 0 Å². The number of para-hydroxylation sites is 1. The van der Waals surface area contributed by atoms with Crippen molar-refractivity contribution >= 4 is 23.4 Å². The molecule has 3 amide bonds. The van der Waals surface area contributed by atoms with Crippen LogP contribution in [-0.4, -0.2) is 53.5 Å². The number of amides is 3. The fourth-order valence-corrected chi connectivity index (χ4v) is 4.38. The van der Waals surface area contributed by atoms with Gasteiger partial charge < -0.3 is 24.2 Å². The molecule has 2 aromatic carbocycles. The van der Waals surface area contributed by atoms with Crippen LogP contribution in [0.3, 0.4) is 0 Å². The first kappa shape index (κ1) is 21.4. The van der Waals surface area contributed by atoms with Crippen LogP contribution in [0.1, 0.15) is 44.2 Å². The lowest BCUT2D eigenvalue weighted by Gasteiger charge is -2.40. The maximum atomic E-state index is 13.6. The summed E-state index contributed by atoms with van der Waals surface area (Å²) in [7, 11) is 2.93. The molecule has 0 saturated carbocycles. The minimum atomic E-state index is -0.818. The summed E-state index contributed by atoms with van der Waals surface area (Å²) in [4.78, 5) is 46.8. The summed E-state index contributed by atoms with van der Waals surface area (Å²) in [5.74, 6) is 0.228. The zero-order valence-corrected chi connectivity index (χ0v) is 18.7. The third-order valence-corrected chi connectivity index (χ3v) is 5.80. The van der Waals surface area contributed by atoms with E-state index in [1.165, 1.54) is 24.0 Å². The summed E-state index contributed by atoms with van der Waals surface area (Å²) < 4.78 is 15.9. The first-order chi connectivity index (χ1) is 16.4. The Hall–Kier alpha value is -4.41. The topological polar surface area (TPSA) is 127 Å². The van der Waals surface area contributed by atoms with Gasteiger partial charge in [0.15, 0.2) is 17.3 Å². The number of fused-ring (bicyclic) bond motifs is 5. The molecule has 0 saturated heterocycles. The van der Waals surface area contributed by atoms with Crippen molar-refractivity contribution in [3.8, 4) is 11.5 Å². The summed E-state index contributed by atoms with van der Waals surface area (Å²) in [6.07, 6.45) is -0.818. The van der Waals surface area contributed by atoms with Crippen LogP contribution in [0.5, 0.6) is 11.5 Å². The van der Waals surface area contributed by atoms with E-state index >= 15 is 0 Å². The number of rotatable bonds is 6. The monoisotopic (exact) mass is 463 g/mol. The van der Waals surface area contributed by atoms with Gasteiger partial charge in [0.1, 0.15) is 12.7 Å². The van der Waals surface area contributed by atoms with E-state index in [1.807, 2.05) is 0 Å². The fraction of sp³-hybridized carbons (Fsp3) is 0.261. The molecule has 0 radical (unpaired) electrons. The molecule has 2 aliphatic heterocycles. The van der Waals surface area contributed by atoms with Gasteiger partial charge >= 0.3 is 0 Å². The first-order valence-electron chi connectivity index (χ1n) is 10.5. The van der Waals surface area contributed by atoms with Crippen molar-refractivity contribution in [2.45, 2.75) is 19.6 Å². The van der Waals surface area contributed by atoms with Gasteiger partial charge in [-0.1, -0.05) is 23.4 Å². The molecule has 5 rings (SSSR count). The molecule has 1 aromatic heterocycles. The molecular formula is C23H21N5O6. The summed E-state index contributed by atoms with van der Waals surface area (Å²) in [6, 6.07) is 10.2. The Morgan fingerprint density at radius 2 is 1.91 bits per heavy atom. The normalized spacial score (nSPS) is 16.1. The minimum Gasteiger partial charge on any atom is -0.493 e. The SMILES string of the molecule is COc1ccc2c(c1OC)C(=O)N1c3ccccc3C(=O)N(CC(=O)NCc3nc(C)no3)C21. The predicted molar refractivity (Wildman–Crippen MR) is 117 cm³/mol. The second-order valence-corrected chi connectivity index (χ2v) is 7.78. The quantitative estimate of drug-likeness (QED) is 0.587. The van der Waals surface area contributed by atoms with Gasteiger partial charge in [-0.3, -0.25) is 19.3 Å². The number of hydrogen-bond donors (Lipinski definition) is 1. The highest BCUT2D eigenvalue weighted by Gasteiger charge is 2.50. The molecule has 0 spiro atoms. The lowest BCUT2D eigenvalue weighted by Crippen LogP contribution is -2.51. The van der Waals surface area contributed by atoms with E-state index in [-0.39, 0.29) is 36.5 Å². The van der Waals surface area contributed by atoms with Crippen LogP contribution in [0.2, 0.25) is 0 Å². The molecule has 0 fully saturated rings. The molecule has 1 unspecified atom stereocenters. The van der Waals surface area contributed by atoms with Crippen LogP contribution in [-0.2, 0) is 11.3 Å². The number of benzene rings is 2. The highest BCUT2D eigenvalue weighted by Crippen LogP contribution is 2.49. The molecule has 34 heavy (non-hydrogen) atoms. The number of nitrogens with zero attached hydrogens (tertiary/aromatic N) is 4. The molecule has 0 aliphatic carbocycles. The number of aromatic nitrogens is 2. The molecular weight excluding hydrogens is 442 g/mol. The molecule has 174 valence electrons. The number of carbonyl (C=O) groups is 3. The van der Waals surface area contributed by atoms with Crippen molar-refractivity contribution in [3.63, 3.8) is 0 Å². The Labute approximate surface area is 194 Å². The van der Waals surface area contributed by atoms with Crippen molar-refractivity contribution in [3.05, 3.63) is 64.8 Å². The summed E-state index contributed by atoms with van der Waals surface area (Å²) >= 11 is 0. The standard InChI is InChI=1S/C23H21N5O6/c1-12-25-18(34-26-12)10-24-17(29)11-27-21-14-8-9-16(32-2)20(33-3)19(14)23(31)28(21)15-7-5-4-6-13(15)22(27)30/h4-9,21H,10-11H2,1-3H3,(H,24,29). The highest BCUT2D eigenvalue weighted by atomic mass is 16.5. The van der Waals surface area contributed by atoms with E-state index < -0.39 is 12.1 Å². The van der Waals surface area contributed by atoms with Crippen molar-refractivity contribution in [1.29, 1.82) is 0 Å². The number of carbonyl (C=O) groups excluding carboxylic acids is 3. The van der Waals surface area contributed by atoms with Gasteiger partial charge in [-0.05, 0) is 25.1 Å². The Kier molecular flexibility index (Phi) is 5.16. The van der Waals surface area contributed by atoms with E-state index in [9.17, 15) is 14.4 Å². The molecule has 1 N–H and O–H groups in total. The second-order valence-electron chi connectivity index (χ2n) is 7.78. The van der Waals surface area contributed by atoms with E-state index in [2.05, 4.69) is 15.5 Å². The molecule has 1 atom stereocenters. The molecule has 2 aliphatic rings. The fourth-order valence-electron chi connectivity index (χ4n) is 4.38. The molecule has 3 heterocycles. The maximum absolute atomic E-state index is 13.6. The van der Waals surface area contributed by atoms with Crippen molar-refractivity contribution in [1.82, 2.24) is 20.4 Å². The Bertz CT molecular complexity index is 1320. The van der Waals surface area contributed by atoms with Crippen LogP contribution < -0.4 is 19.7 Å². The van der Waals surface area contributed by atoms with Crippen molar-refractivity contribution in [2.24, 2.45) is 0 Å². The lowest BCUT2D eigenvalue weighted by atomic mass is 10.0. The van der Waals surface area contributed by atoms with Gasteiger partial charge in [-0.2, -0.15) is 4.98 Å². The van der Waals surface area contributed by atoms with Gasteiger partial charge in [0, 0.05) is 5.56 Å². The average molecular weight is 463 g/mol. The lowest BCUT2D eigenvalue weighted by molar-refractivity contribution is -0.122. The van der Waals surface area contributed by atoms with Gasteiger partial charge in [0.25, 0.3) is 11.8 Å². The minimum absolute atomic E-state index is 0.0210. The van der Waals surface area contributed by atoms with E-state index in [0.29, 0.717) is 34.0 Å². The number of hydrogen-bond acceptors (Lipinski definition) is 8. The predicted octanol–water partition coefficient (Wildman–Crippen LogP) is 1.83. The summed E-state index contributed by atoms with van der Waals surface area (Å²) in [5, 5.41) is 6.37. The van der Waals surface area contributed by atoms with Gasteiger partial charge in [-0.15, -0.1) is 0 Å². The molecule has 0 bridgehead atoms. The molecule has 3 aromatic rings. The largest absolute Gasteiger partial charge is 0.493 e. The Morgan fingerprint density at radius 3 is 2.62 bits per heavy atom. The number of aryl methyl sites for hydroxylation is 1. The molecule has 11 nitrogen and oxygen atoms in total. The van der Waals surface area contributed by atoms with Gasteiger partial charge in [0.05, 0.1) is 37.6 Å². The third kappa shape index (κ3) is 3.24. The van der Waals surface area contributed by atoms with Crippen LogP contribution in [0.15, 0.2) is 40.9 Å². The smallest absolute Gasteiger partial charge is 0.264 e. The zero-order valence-electron chi connectivity index (χ0n) is 18.7. The Morgan fingerprint density at radius 1 is 1.12 bits per heavy atom. The Balaban J connectivity index is 1.53. The van der Waals surface area contributed by atoms with Gasteiger partial charge in [-0.25, -0.2) is 0 Å². The summed E-state index contributed by atoms with van der Waals surface area (Å²) in [5.41, 5.74) is 1.64. The van der Waals surface area contributed by atoms with Crippen LogP contribution in [0.4, 0.5) is 5.69 Å². The molecule has 11 heteroatoms. The van der Waals surface area contributed by atoms with E-state index in [0.717, 1.165) is 0 Å².